The van der Waals surface area contributed by atoms with E-state index in [1.165, 1.54) is 0 Å². The van der Waals surface area contributed by atoms with Crippen LogP contribution >= 0.6 is 0 Å². The normalized spacial score (nSPS) is 9.80. The Morgan fingerprint density at radius 3 is 2.27 bits per heavy atom. The maximum Gasteiger partial charge on any atom is 0.115 e. The zero-order chi connectivity index (χ0) is 11.1. The third-order valence-electron chi connectivity index (χ3n) is 2.30. The minimum Gasteiger partial charge on any atom is -0.508 e. The van der Waals surface area contributed by atoms with Gasteiger partial charge in [-0.3, -0.25) is 4.90 Å². The van der Waals surface area contributed by atoms with Crippen molar-refractivity contribution in [2.45, 2.75) is 13.8 Å². The number of aromatic hydroxyl groups is 1. The minimum absolute atomic E-state index is 0.282. The number of phenolic OH excluding ortho intramolecular Hbond substituents is 1. The largest absolute Gasteiger partial charge is 0.508 e. The van der Waals surface area contributed by atoms with Crippen molar-refractivity contribution in [1.29, 1.82) is 0 Å². The maximum absolute atomic E-state index is 9.09. The lowest BCUT2D eigenvalue weighted by Gasteiger charge is -2.13. The zero-order valence-corrected chi connectivity index (χ0v) is 9.33. The highest BCUT2D eigenvalue weighted by molar-refractivity contribution is 5.37. The Morgan fingerprint density at radius 2 is 1.73 bits per heavy atom. The van der Waals surface area contributed by atoms with Crippen molar-refractivity contribution in [3.63, 3.8) is 0 Å². The quantitative estimate of drug-likeness (QED) is 0.760. The Hall–Kier alpha value is -1.46. The van der Waals surface area contributed by atoms with Gasteiger partial charge in [0, 0.05) is 5.56 Å². The van der Waals surface area contributed by atoms with E-state index in [0.717, 1.165) is 25.2 Å². The van der Waals surface area contributed by atoms with Gasteiger partial charge in [0.1, 0.15) is 5.75 Å². The van der Waals surface area contributed by atoms with Crippen LogP contribution in [0.5, 0.6) is 5.75 Å². The van der Waals surface area contributed by atoms with Crippen molar-refractivity contribution in [1.82, 2.24) is 4.90 Å². The lowest BCUT2D eigenvalue weighted by Crippen LogP contribution is -2.22. The summed E-state index contributed by atoms with van der Waals surface area (Å²) in [7, 11) is 0. The molecule has 0 aliphatic rings. The van der Waals surface area contributed by atoms with Crippen molar-refractivity contribution < 1.29 is 5.11 Å². The van der Waals surface area contributed by atoms with E-state index >= 15 is 0 Å². The van der Waals surface area contributed by atoms with Crippen LogP contribution in [0, 0.1) is 11.8 Å². The third-order valence-corrected chi connectivity index (χ3v) is 2.30. The van der Waals surface area contributed by atoms with E-state index in [9.17, 15) is 0 Å². The molecule has 1 rings (SSSR count). The molecular formula is C13H17NO. The Balaban J connectivity index is 2.54. The van der Waals surface area contributed by atoms with Crippen molar-refractivity contribution in [3.05, 3.63) is 29.8 Å². The fraction of sp³-hybridized carbons (Fsp3) is 0.385. The highest BCUT2D eigenvalue weighted by Gasteiger charge is 1.93. The Morgan fingerprint density at radius 1 is 1.13 bits per heavy atom. The topological polar surface area (TPSA) is 23.5 Å². The van der Waals surface area contributed by atoms with Crippen molar-refractivity contribution in [2.24, 2.45) is 0 Å². The van der Waals surface area contributed by atoms with Crippen LogP contribution in [0.1, 0.15) is 19.4 Å². The molecule has 1 N–H and O–H groups in total. The molecule has 0 aliphatic carbocycles. The molecule has 0 aliphatic heterocycles. The van der Waals surface area contributed by atoms with Gasteiger partial charge in [-0.2, -0.15) is 0 Å². The Labute approximate surface area is 91.5 Å². The molecule has 0 amide bonds. The highest BCUT2D eigenvalue weighted by atomic mass is 16.3. The number of benzene rings is 1. The average molecular weight is 203 g/mol. The van der Waals surface area contributed by atoms with Gasteiger partial charge in [0.05, 0.1) is 6.54 Å². The molecule has 0 aromatic heterocycles. The molecule has 0 unspecified atom stereocenters. The second-order valence-electron chi connectivity index (χ2n) is 3.31. The average Bonchev–Trinajstić information content (AvgIpc) is 2.27. The molecule has 0 saturated heterocycles. The molecule has 2 heteroatoms. The van der Waals surface area contributed by atoms with E-state index in [0.29, 0.717) is 0 Å². The van der Waals surface area contributed by atoms with Gasteiger partial charge in [-0.1, -0.05) is 25.7 Å². The molecule has 15 heavy (non-hydrogen) atoms. The van der Waals surface area contributed by atoms with Gasteiger partial charge in [0.15, 0.2) is 0 Å². The van der Waals surface area contributed by atoms with Crippen LogP contribution in [0.25, 0.3) is 0 Å². The number of phenols is 1. The van der Waals surface area contributed by atoms with Gasteiger partial charge in [0.25, 0.3) is 0 Å². The van der Waals surface area contributed by atoms with Crippen LogP contribution < -0.4 is 0 Å². The standard InChI is InChI=1S/C13H17NO/c1-3-14(4-2)11-5-6-12-7-9-13(15)10-8-12/h7-10,15H,3-4,11H2,1-2H3. The smallest absolute Gasteiger partial charge is 0.115 e. The molecule has 0 atom stereocenters. The first-order valence-electron chi connectivity index (χ1n) is 5.26. The van der Waals surface area contributed by atoms with Crippen LogP contribution in [0.15, 0.2) is 24.3 Å². The van der Waals surface area contributed by atoms with Crippen LogP contribution in [0.2, 0.25) is 0 Å². The monoisotopic (exact) mass is 203 g/mol. The summed E-state index contributed by atoms with van der Waals surface area (Å²) in [6, 6.07) is 6.96. The first-order chi connectivity index (χ1) is 7.26. The predicted molar refractivity (Wildman–Crippen MR) is 62.8 cm³/mol. The van der Waals surface area contributed by atoms with E-state index < -0.39 is 0 Å². The van der Waals surface area contributed by atoms with Crippen LogP contribution in [0.3, 0.4) is 0 Å². The van der Waals surface area contributed by atoms with Crippen LogP contribution in [-0.2, 0) is 0 Å². The summed E-state index contributed by atoms with van der Waals surface area (Å²) in [4.78, 5) is 2.26. The van der Waals surface area contributed by atoms with Gasteiger partial charge in [-0.05, 0) is 37.4 Å². The van der Waals surface area contributed by atoms with Crippen LogP contribution in [-0.4, -0.2) is 29.6 Å². The molecule has 0 heterocycles. The Kier molecular flexibility index (Phi) is 4.73. The van der Waals surface area contributed by atoms with Gasteiger partial charge in [0.2, 0.25) is 0 Å². The SMILES string of the molecule is CCN(CC)CC#Cc1ccc(O)cc1. The summed E-state index contributed by atoms with van der Waals surface area (Å²) in [6.45, 7) is 7.12. The van der Waals surface area contributed by atoms with Gasteiger partial charge in [-0.25, -0.2) is 0 Å². The van der Waals surface area contributed by atoms with E-state index in [2.05, 4.69) is 30.6 Å². The number of hydrogen-bond donors (Lipinski definition) is 1. The number of rotatable bonds is 3. The molecule has 1 aromatic rings. The second kappa shape index (κ2) is 6.10. The molecule has 80 valence electrons. The molecule has 0 bridgehead atoms. The Bertz CT molecular complexity index is 341. The van der Waals surface area contributed by atoms with Gasteiger partial charge in [-0.15, -0.1) is 0 Å². The molecule has 0 fully saturated rings. The number of nitrogens with zero attached hydrogens (tertiary/aromatic N) is 1. The summed E-state index contributed by atoms with van der Waals surface area (Å²) in [5, 5.41) is 9.09. The molecule has 0 spiro atoms. The van der Waals surface area contributed by atoms with E-state index in [1.54, 1.807) is 12.1 Å². The summed E-state index contributed by atoms with van der Waals surface area (Å²) in [5.41, 5.74) is 0.944. The summed E-state index contributed by atoms with van der Waals surface area (Å²) < 4.78 is 0. The van der Waals surface area contributed by atoms with Crippen LogP contribution in [0.4, 0.5) is 0 Å². The summed E-state index contributed by atoms with van der Waals surface area (Å²) in [5.74, 6) is 6.47. The fourth-order valence-corrected chi connectivity index (χ4v) is 1.25. The fourth-order valence-electron chi connectivity index (χ4n) is 1.25. The predicted octanol–water partition coefficient (Wildman–Crippen LogP) is 2.09. The summed E-state index contributed by atoms with van der Waals surface area (Å²) in [6.07, 6.45) is 0. The molecule has 2 nitrogen and oxygen atoms in total. The lowest BCUT2D eigenvalue weighted by molar-refractivity contribution is 0.342. The van der Waals surface area contributed by atoms with Crippen molar-refractivity contribution in [3.8, 4) is 17.6 Å². The van der Waals surface area contributed by atoms with E-state index in [4.69, 9.17) is 5.11 Å². The second-order valence-corrected chi connectivity index (χ2v) is 3.31. The van der Waals surface area contributed by atoms with E-state index in [1.807, 2.05) is 12.1 Å². The third kappa shape index (κ3) is 4.05. The highest BCUT2D eigenvalue weighted by Crippen LogP contribution is 2.08. The van der Waals surface area contributed by atoms with Gasteiger partial charge >= 0.3 is 0 Å². The molecule has 0 radical (unpaired) electrons. The first-order valence-corrected chi connectivity index (χ1v) is 5.26. The van der Waals surface area contributed by atoms with Crippen molar-refractivity contribution >= 4 is 0 Å². The zero-order valence-electron chi connectivity index (χ0n) is 9.33. The first kappa shape index (κ1) is 11.6. The van der Waals surface area contributed by atoms with E-state index in [-0.39, 0.29) is 5.75 Å². The summed E-state index contributed by atoms with van der Waals surface area (Å²) >= 11 is 0. The number of hydrogen-bond acceptors (Lipinski definition) is 2. The van der Waals surface area contributed by atoms with Gasteiger partial charge < -0.3 is 5.11 Å². The van der Waals surface area contributed by atoms with Crippen molar-refractivity contribution in [2.75, 3.05) is 19.6 Å². The lowest BCUT2D eigenvalue weighted by atomic mass is 10.2. The molecule has 0 saturated carbocycles. The molecular weight excluding hydrogens is 186 g/mol. The molecule has 1 aromatic carbocycles. The maximum atomic E-state index is 9.09. The minimum atomic E-state index is 0.282.